The summed E-state index contributed by atoms with van der Waals surface area (Å²) >= 11 is 1.56. The molecular formula is C17H22N6S. The van der Waals surface area contributed by atoms with E-state index in [1.54, 1.807) is 11.3 Å². The van der Waals surface area contributed by atoms with Gasteiger partial charge >= 0.3 is 0 Å². The van der Waals surface area contributed by atoms with Crippen molar-refractivity contribution in [3.8, 4) is 0 Å². The second-order valence-corrected chi connectivity index (χ2v) is 7.52. The summed E-state index contributed by atoms with van der Waals surface area (Å²) in [6.45, 7) is 7.26. The smallest absolute Gasteiger partial charge is 0.214 e. The number of nitrogens with zero attached hydrogens (tertiary/aromatic N) is 5. The standard InChI is InChI=1S/C17H22N6S/c1-12-5-7-22(8-6-12)15-4-3-14(9-18-15)10-19-16-21-23-11-13(2)20-17(23)24-16/h3-4,9,11-12H,5-8,10H2,1-2H3,(H,19,21). The largest absolute Gasteiger partial charge is 0.357 e. The molecule has 6 nitrogen and oxygen atoms in total. The predicted octanol–water partition coefficient (Wildman–Crippen LogP) is 3.34. The second kappa shape index (κ2) is 6.39. The van der Waals surface area contributed by atoms with Crippen LogP contribution in [0.4, 0.5) is 10.9 Å². The first-order valence-corrected chi connectivity index (χ1v) is 9.25. The molecule has 126 valence electrons. The first kappa shape index (κ1) is 15.4. The lowest BCUT2D eigenvalue weighted by Crippen LogP contribution is -2.33. The maximum absolute atomic E-state index is 4.64. The molecular weight excluding hydrogens is 320 g/mol. The fourth-order valence-electron chi connectivity index (χ4n) is 3.00. The minimum absolute atomic E-state index is 0.722. The van der Waals surface area contributed by atoms with E-state index in [2.05, 4.69) is 44.3 Å². The van der Waals surface area contributed by atoms with Crippen molar-refractivity contribution < 1.29 is 0 Å². The molecule has 3 aromatic rings. The number of imidazole rings is 1. The molecule has 3 aromatic heterocycles. The first-order valence-electron chi connectivity index (χ1n) is 8.44. The molecule has 1 aliphatic rings. The van der Waals surface area contributed by atoms with Gasteiger partial charge in [0.05, 0.1) is 11.9 Å². The van der Waals surface area contributed by atoms with Gasteiger partial charge in [0.25, 0.3) is 0 Å². The van der Waals surface area contributed by atoms with E-state index in [1.165, 1.54) is 12.8 Å². The molecule has 1 N–H and O–H groups in total. The van der Waals surface area contributed by atoms with E-state index in [0.29, 0.717) is 0 Å². The molecule has 0 radical (unpaired) electrons. The summed E-state index contributed by atoms with van der Waals surface area (Å²) in [5, 5.41) is 8.71. The van der Waals surface area contributed by atoms with Crippen LogP contribution in [0.3, 0.4) is 0 Å². The van der Waals surface area contributed by atoms with Crippen LogP contribution in [0.1, 0.15) is 31.0 Å². The van der Waals surface area contributed by atoms with Crippen molar-refractivity contribution in [3.05, 3.63) is 35.8 Å². The fourth-order valence-corrected chi connectivity index (χ4v) is 3.83. The molecule has 7 heteroatoms. The van der Waals surface area contributed by atoms with Gasteiger partial charge in [0.15, 0.2) is 0 Å². The number of hydrogen-bond acceptors (Lipinski definition) is 6. The van der Waals surface area contributed by atoms with Gasteiger partial charge in [-0.2, -0.15) is 0 Å². The number of pyridine rings is 1. The quantitative estimate of drug-likeness (QED) is 0.788. The molecule has 1 aliphatic heterocycles. The van der Waals surface area contributed by atoms with Gasteiger partial charge in [-0.1, -0.05) is 24.3 Å². The zero-order chi connectivity index (χ0) is 16.5. The molecule has 1 saturated heterocycles. The van der Waals surface area contributed by atoms with Crippen LogP contribution in [0, 0.1) is 12.8 Å². The van der Waals surface area contributed by atoms with Crippen LogP contribution in [0.15, 0.2) is 24.5 Å². The van der Waals surface area contributed by atoms with Gasteiger partial charge in [-0.25, -0.2) is 14.5 Å². The highest BCUT2D eigenvalue weighted by molar-refractivity contribution is 7.20. The summed E-state index contributed by atoms with van der Waals surface area (Å²) < 4.78 is 1.82. The van der Waals surface area contributed by atoms with E-state index >= 15 is 0 Å². The Labute approximate surface area is 145 Å². The molecule has 0 aromatic carbocycles. The van der Waals surface area contributed by atoms with Gasteiger partial charge < -0.3 is 10.2 Å². The number of nitrogens with one attached hydrogen (secondary N) is 1. The van der Waals surface area contributed by atoms with Gasteiger partial charge in [0, 0.05) is 25.8 Å². The van der Waals surface area contributed by atoms with Crippen LogP contribution in [0.2, 0.25) is 0 Å². The summed E-state index contributed by atoms with van der Waals surface area (Å²) in [5.74, 6) is 1.93. The molecule has 4 rings (SSSR count). The lowest BCUT2D eigenvalue weighted by atomic mass is 9.99. The van der Waals surface area contributed by atoms with E-state index in [4.69, 9.17) is 0 Å². The summed E-state index contributed by atoms with van der Waals surface area (Å²) in [6, 6.07) is 4.28. The molecule has 1 fully saturated rings. The molecule has 0 saturated carbocycles. The third-order valence-electron chi connectivity index (χ3n) is 4.52. The van der Waals surface area contributed by atoms with E-state index in [0.717, 1.165) is 52.7 Å². The van der Waals surface area contributed by atoms with Crippen LogP contribution in [-0.2, 0) is 6.54 Å². The van der Waals surface area contributed by atoms with Crippen molar-refractivity contribution >= 4 is 27.2 Å². The zero-order valence-corrected chi connectivity index (χ0v) is 14.9. The summed E-state index contributed by atoms with van der Waals surface area (Å²) in [4.78, 5) is 12.4. The van der Waals surface area contributed by atoms with Crippen molar-refractivity contribution in [2.75, 3.05) is 23.3 Å². The Morgan fingerprint density at radius 3 is 2.83 bits per heavy atom. The highest BCUT2D eigenvalue weighted by Crippen LogP contribution is 2.22. The predicted molar refractivity (Wildman–Crippen MR) is 97.8 cm³/mol. The summed E-state index contributed by atoms with van der Waals surface area (Å²) in [6.07, 6.45) is 6.42. The van der Waals surface area contributed by atoms with Crippen molar-refractivity contribution in [2.45, 2.75) is 33.2 Å². The van der Waals surface area contributed by atoms with Crippen LogP contribution in [-0.4, -0.2) is 32.7 Å². The van der Waals surface area contributed by atoms with E-state index in [-0.39, 0.29) is 0 Å². The van der Waals surface area contributed by atoms with Crippen molar-refractivity contribution in [1.82, 2.24) is 19.6 Å². The first-order chi connectivity index (χ1) is 11.7. The topological polar surface area (TPSA) is 58.4 Å². The maximum Gasteiger partial charge on any atom is 0.214 e. The Kier molecular flexibility index (Phi) is 4.10. The molecule has 0 amide bonds. The molecule has 0 unspecified atom stereocenters. The fraction of sp³-hybridized carbons (Fsp3) is 0.471. The molecule has 0 atom stereocenters. The normalized spacial score (nSPS) is 16.0. The number of hydrogen-bond donors (Lipinski definition) is 1. The van der Waals surface area contributed by atoms with Crippen LogP contribution in [0.25, 0.3) is 4.96 Å². The molecule has 0 aliphatic carbocycles. The van der Waals surface area contributed by atoms with E-state index in [1.807, 2.05) is 23.8 Å². The highest BCUT2D eigenvalue weighted by Gasteiger charge is 2.16. The van der Waals surface area contributed by atoms with Crippen LogP contribution >= 0.6 is 11.3 Å². The SMILES string of the molecule is Cc1cn2nc(NCc3ccc(N4CCC(C)CC4)nc3)sc2n1. The summed E-state index contributed by atoms with van der Waals surface area (Å²) in [5.41, 5.74) is 2.15. The third-order valence-corrected chi connectivity index (χ3v) is 5.40. The van der Waals surface area contributed by atoms with Crippen molar-refractivity contribution in [3.63, 3.8) is 0 Å². The number of aryl methyl sites for hydroxylation is 1. The number of anilines is 2. The van der Waals surface area contributed by atoms with Gasteiger partial charge in [-0.05, 0) is 37.3 Å². The Bertz CT molecular complexity index is 782. The van der Waals surface area contributed by atoms with Crippen LogP contribution in [0.5, 0.6) is 0 Å². The van der Waals surface area contributed by atoms with Crippen LogP contribution < -0.4 is 10.2 Å². The zero-order valence-electron chi connectivity index (χ0n) is 14.1. The number of rotatable bonds is 4. The highest BCUT2D eigenvalue weighted by atomic mass is 32.1. The van der Waals surface area contributed by atoms with Gasteiger partial charge in [-0.15, -0.1) is 5.10 Å². The van der Waals surface area contributed by atoms with E-state index in [9.17, 15) is 0 Å². The Morgan fingerprint density at radius 1 is 1.29 bits per heavy atom. The molecule has 4 heterocycles. The molecule has 0 bridgehead atoms. The molecule has 24 heavy (non-hydrogen) atoms. The minimum atomic E-state index is 0.722. The second-order valence-electron chi connectivity index (χ2n) is 6.56. The van der Waals surface area contributed by atoms with Gasteiger partial charge in [0.1, 0.15) is 5.82 Å². The average Bonchev–Trinajstić information content (AvgIpc) is 3.11. The number of aromatic nitrogens is 4. The van der Waals surface area contributed by atoms with Gasteiger partial charge in [0.2, 0.25) is 10.1 Å². The summed E-state index contributed by atoms with van der Waals surface area (Å²) in [7, 11) is 0. The number of piperidine rings is 1. The monoisotopic (exact) mass is 342 g/mol. The van der Waals surface area contributed by atoms with E-state index < -0.39 is 0 Å². The van der Waals surface area contributed by atoms with Gasteiger partial charge in [-0.3, -0.25) is 0 Å². The number of fused-ring (bicyclic) bond motifs is 1. The van der Waals surface area contributed by atoms with Crippen molar-refractivity contribution in [1.29, 1.82) is 0 Å². The average molecular weight is 342 g/mol. The Balaban J connectivity index is 1.37. The van der Waals surface area contributed by atoms with Crippen molar-refractivity contribution in [2.24, 2.45) is 5.92 Å². The Morgan fingerprint density at radius 2 is 2.12 bits per heavy atom. The Hall–Kier alpha value is -2.15. The minimum Gasteiger partial charge on any atom is -0.357 e. The lowest BCUT2D eigenvalue weighted by Gasteiger charge is -2.31. The lowest BCUT2D eigenvalue weighted by molar-refractivity contribution is 0.436. The maximum atomic E-state index is 4.64. The molecule has 0 spiro atoms. The third kappa shape index (κ3) is 3.21.